The van der Waals surface area contributed by atoms with Crippen LogP contribution < -0.4 is 5.32 Å². The lowest BCUT2D eigenvalue weighted by molar-refractivity contribution is -0.222. The standard InChI is InChI=1S/C17H15NO11S2/c1-17(2)28-15(20)11(16(21)29-17)7-18-12-5-9(30(22,23)24)3-8-4-10(31(25,26)27)6-13(19)14(8)12/h3-7,18-19H,1-2H3,(H,22,23,24)(H,25,26,27). The average Bonchev–Trinajstić information content (AvgIpc) is 2.57. The molecule has 31 heavy (non-hydrogen) atoms. The average molecular weight is 473 g/mol. The van der Waals surface area contributed by atoms with Crippen molar-refractivity contribution in [3.8, 4) is 5.75 Å². The highest BCUT2D eigenvalue weighted by Gasteiger charge is 2.39. The van der Waals surface area contributed by atoms with Crippen LogP contribution in [-0.2, 0) is 39.3 Å². The molecule has 4 N–H and O–H groups in total. The molecule has 1 aliphatic rings. The molecule has 0 bridgehead atoms. The summed E-state index contributed by atoms with van der Waals surface area (Å²) in [7, 11) is -9.56. The largest absolute Gasteiger partial charge is 0.507 e. The first-order valence-electron chi connectivity index (χ1n) is 8.28. The number of carbonyl (C=O) groups excluding carboxylic acids is 2. The molecule has 0 amide bonds. The summed E-state index contributed by atoms with van der Waals surface area (Å²) in [4.78, 5) is 22.6. The topological polar surface area (TPSA) is 194 Å². The Hall–Kier alpha value is -3.20. The van der Waals surface area contributed by atoms with Gasteiger partial charge in [0, 0.05) is 31.5 Å². The van der Waals surface area contributed by atoms with Crippen molar-refractivity contribution in [1.82, 2.24) is 0 Å². The van der Waals surface area contributed by atoms with Crippen molar-refractivity contribution in [2.24, 2.45) is 0 Å². The lowest BCUT2D eigenvalue weighted by Gasteiger charge is -2.29. The van der Waals surface area contributed by atoms with E-state index in [4.69, 9.17) is 9.47 Å². The van der Waals surface area contributed by atoms with E-state index in [0.717, 1.165) is 24.4 Å². The maximum absolute atomic E-state index is 12.0. The Bertz CT molecular complexity index is 1350. The van der Waals surface area contributed by atoms with Crippen LogP contribution in [-0.4, -0.2) is 48.8 Å². The van der Waals surface area contributed by atoms with E-state index >= 15 is 0 Å². The summed E-state index contributed by atoms with van der Waals surface area (Å²) in [5.41, 5.74) is -0.818. The van der Waals surface area contributed by atoms with Crippen LogP contribution in [0.15, 0.2) is 45.8 Å². The quantitative estimate of drug-likeness (QED) is 0.215. The monoisotopic (exact) mass is 473 g/mol. The fourth-order valence-electron chi connectivity index (χ4n) is 2.78. The Balaban J connectivity index is 2.19. The van der Waals surface area contributed by atoms with Gasteiger partial charge in [0.05, 0.1) is 15.5 Å². The summed E-state index contributed by atoms with van der Waals surface area (Å²) >= 11 is 0. The second-order valence-electron chi connectivity index (χ2n) is 6.84. The second kappa shape index (κ2) is 7.19. The highest BCUT2D eigenvalue weighted by Crippen LogP contribution is 2.37. The van der Waals surface area contributed by atoms with E-state index in [1.165, 1.54) is 13.8 Å². The highest BCUT2D eigenvalue weighted by molar-refractivity contribution is 7.86. The smallest absolute Gasteiger partial charge is 0.350 e. The number of phenolic OH excluding ortho intramolecular Hbond substituents is 1. The summed E-state index contributed by atoms with van der Waals surface area (Å²) in [5.74, 6) is -4.26. The molecule has 0 aliphatic carbocycles. The molecule has 1 fully saturated rings. The number of hydrogen-bond donors (Lipinski definition) is 4. The minimum absolute atomic E-state index is 0.144. The number of nitrogens with one attached hydrogen (secondary N) is 1. The minimum atomic E-state index is -4.80. The minimum Gasteiger partial charge on any atom is -0.507 e. The van der Waals surface area contributed by atoms with Crippen LogP contribution >= 0.6 is 0 Å². The summed E-state index contributed by atoms with van der Waals surface area (Å²) in [6.07, 6.45) is 0.832. The Kier molecular flexibility index (Phi) is 5.22. The summed E-state index contributed by atoms with van der Waals surface area (Å²) in [6, 6.07) is 3.27. The van der Waals surface area contributed by atoms with Crippen LogP contribution in [0.25, 0.3) is 10.8 Å². The van der Waals surface area contributed by atoms with E-state index in [1.54, 1.807) is 0 Å². The Morgan fingerprint density at radius 3 is 1.87 bits per heavy atom. The number of hydrogen-bond acceptors (Lipinski definition) is 10. The molecular formula is C17H15NO11S2. The maximum Gasteiger partial charge on any atom is 0.350 e. The highest BCUT2D eigenvalue weighted by atomic mass is 32.2. The third kappa shape index (κ3) is 4.61. The molecule has 0 spiro atoms. The molecule has 1 saturated heterocycles. The van der Waals surface area contributed by atoms with Crippen molar-refractivity contribution in [3.63, 3.8) is 0 Å². The number of phenols is 1. The second-order valence-corrected chi connectivity index (χ2v) is 9.69. The van der Waals surface area contributed by atoms with Gasteiger partial charge in [0.1, 0.15) is 5.75 Å². The number of benzene rings is 2. The van der Waals surface area contributed by atoms with Crippen LogP contribution in [0.2, 0.25) is 0 Å². The normalized spacial score (nSPS) is 16.6. The molecule has 166 valence electrons. The van der Waals surface area contributed by atoms with Gasteiger partial charge in [-0.05, 0) is 23.6 Å². The van der Waals surface area contributed by atoms with Crippen LogP contribution in [0.5, 0.6) is 5.75 Å². The van der Waals surface area contributed by atoms with Crippen LogP contribution in [0.3, 0.4) is 0 Å². The van der Waals surface area contributed by atoms with E-state index in [1.807, 2.05) is 0 Å². The summed E-state index contributed by atoms with van der Waals surface area (Å²) in [6.45, 7) is 2.67. The van der Waals surface area contributed by atoms with Gasteiger partial charge in [-0.3, -0.25) is 9.11 Å². The maximum atomic E-state index is 12.0. The number of rotatable bonds is 4. The van der Waals surface area contributed by atoms with Crippen molar-refractivity contribution in [1.29, 1.82) is 0 Å². The number of carbonyl (C=O) groups is 2. The number of anilines is 1. The van der Waals surface area contributed by atoms with Gasteiger partial charge in [-0.1, -0.05) is 0 Å². The third-order valence-electron chi connectivity index (χ3n) is 4.06. The van der Waals surface area contributed by atoms with Gasteiger partial charge in [0.15, 0.2) is 5.57 Å². The predicted molar refractivity (Wildman–Crippen MR) is 103 cm³/mol. The van der Waals surface area contributed by atoms with Crippen molar-refractivity contribution in [2.75, 3.05) is 5.32 Å². The first-order valence-corrected chi connectivity index (χ1v) is 11.2. The van der Waals surface area contributed by atoms with Gasteiger partial charge >= 0.3 is 11.9 Å². The van der Waals surface area contributed by atoms with Gasteiger partial charge in [-0.25, -0.2) is 9.59 Å². The predicted octanol–water partition coefficient (Wildman–Crippen LogP) is 1.17. The first-order chi connectivity index (χ1) is 14.1. The number of esters is 2. The lowest BCUT2D eigenvalue weighted by Crippen LogP contribution is -2.42. The fourth-order valence-corrected chi connectivity index (χ4v) is 3.86. The molecule has 14 heteroatoms. The van der Waals surface area contributed by atoms with Gasteiger partial charge < -0.3 is 19.9 Å². The van der Waals surface area contributed by atoms with Crippen molar-refractivity contribution < 1.29 is 50.1 Å². The van der Waals surface area contributed by atoms with Crippen molar-refractivity contribution in [2.45, 2.75) is 29.4 Å². The van der Waals surface area contributed by atoms with Gasteiger partial charge in [0.25, 0.3) is 26.0 Å². The summed E-state index contributed by atoms with van der Waals surface area (Å²) < 4.78 is 74.5. The van der Waals surface area contributed by atoms with E-state index in [2.05, 4.69) is 5.32 Å². The fraction of sp³-hybridized carbons (Fsp3) is 0.176. The number of fused-ring (bicyclic) bond motifs is 1. The zero-order valence-corrected chi connectivity index (χ0v) is 17.4. The molecule has 2 aromatic carbocycles. The van der Waals surface area contributed by atoms with E-state index in [0.29, 0.717) is 6.07 Å². The molecule has 0 radical (unpaired) electrons. The number of cyclic esters (lactones) is 2. The molecule has 0 aromatic heterocycles. The Labute approximate surface area is 175 Å². The molecule has 2 aromatic rings. The van der Waals surface area contributed by atoms with Gasteiger partial charge in [0.2, 0.25) is 0 Å². The third-order valence-corrected chi connectivity index (χ3v) is 5.72. The first kappa shape index (κ1) is 22.5. The van der Waals surface area contributed by atoms with E-state index in [9.17, 15) is 40.6 Å². The zero-order valence-electron chi connectivity index (χ0n) is 15.8. The molecular weight excluding hydrogens is 458 g/mol. The molecule has 3 rings (SSSR count). The Morgan fingerprint density at radius 1 is 0.903 bits per heavy atom. The Morgan fingerprint density at radius 2 is 1.39 bits per heavy atom. The molecule has 0 unspecified atom stereocenters. The molecule has 12 nitrogen and oxygen atoms in total. The molecule has 0 saturated carbocycles. The summed E-state index contributed by atoms with van der Waals surface area (Å²) in [5, 5.41) is 12.4. The lowest BCUT2D eigenvalue weighted by atomic mass is 10.1. The number of aromatic hydroxyl groups is 1. The van der Waals surface area contributed by atoms with E-state index < -0.39 is 59.1 Å². The van der Waals surface area contributed by atoms with Crippen LogP contribution in [0.1, 0.15) is 13.8 Å². The zero-order chi connectivity index (χ0) is 23.4. The van der Waals surface area contributed by atoms with Crippen LogP contribution in [0, 0.1) is 0 Å². The van der Waals surface area contributed by atoms with Crippen molar-refractivity contribution >= 4 is 48.6 Å². The van der Waals surface area contributed by atoms with Gasteiger partial charge in [-0.15, -0.1) is 0 Å². The molecule has 1 aliphatic heterocycles. The molecule has 0 atom stereocenters. The van der Waals surface area contributed by atoms with Gasteiger partial charge in [-0.2, -0.15) is 16.8 Å². The van der Waals surface area contributed by atoms with E-state index in [-0.39, 0.29) is 16.5 Å². The molecule has 1 heterocycles. The van der Waals surface area contributed by atoms with Crippen LogP contribution in [0.4, 0.5) is 5.69 Å². The SMILES string of the molecule is CC1(C)OC(=O)C(=CNc2cc(S(=O)(=O)O)cc3cc(S(=O)(=O)O)cc(O)c23)C(=O)O1. The number of ether oxygens (including phenoxy) is 2. The van der Waals surface area contributed by atoms with Crippen molar-refractivity contribution in [3.05, 3.63) is 36.0 Å².